The van der Waals surface area contributed by atoms with Crippen LogP contribution < -0.4 is 5.32 Å². The Bertz CT molecular complexity index is 814. The van der Waals surface area contributed by atoms with Crippen LogP contribution in [-0.4, -0.2) is 80.3 Å². The lowest BCUT2D eigenvalue weighted by Crippen LogP contribution is -2.47. The van der Waals surface area contributed by atoms with Crippen molar-refractivity contribution in [2.24, 2.45) is 0 Å². The Morgan fingerprint density at radius 2 is 2.11 bits per heavy atom. The second-order valence-corrected chi connectivity index (χ2v) is 8.17. The molecule has 0 atom stereocenters. The van der Waals surface area contributed by atoms with E-state index in [1.807, 2.05) is 9.47 Å². The molecule has 150 valence electrons. The van der Waals surface area contributed by atoms with E-state index in [1.165, 1.54) is 23.1 Å². The Balaban J connectivity index is 1.59. The first-order valence-corrected chi connectivity index (χ1v) is 10.7. The second kappa shape index (κ2) is 9.80. The first kappa shape index (κ1) is 20.5. The molecule has 0 aromatic carbocycles. The molecule has 28 heavy (non-hydrogen) atoms. The number of thiazole rings is 1. The summed E-state index contributed by atoms with van der Waals surface area (Å²) < 4.78 is 1.82. The van der Waals surface area contributed by atoms with Crippen LogP contribution in [0.3, 0.4) is 0 Å². The van der Waals surface area contributed by atoms with Crippen molar-refractivity contribution >= 4 is 40.0 Å². The van der Waals surface area contributed by atoms with Crippen molar-refractivity contribution in [3.8, 4) is 0 Å². The van der Waals surface area contributed by atoms with Gasteiger partial charge in [0.1, 0.15) is 5.82 Å². The van der Waals surface area contributed by atoms with Gasteiger partial charge in [-0.25, -0.2) is 4.98 Å². The van der Waals surface area contributed by atoms with Crippen LogP contribution in [-0.2, 0) is 22.6 Å². The Morgan fingerprint density at radius 3 is 2.79 bits per heavy atom. The molecule has 0 aliphatic carbocycles. The highest BCUT2D eigenvalue weighted by Crippen LogP contribution is 2.19. The van der Waals surface area contributed by atoms with Gasteiger partial charge >= 0.3 is 0 Å². The van der Waals surface area contributed by atoms with E-state index in [1.54, 1.807) is 17.7 Å². The zero-order valence-electron chi connectivity index (χ0n) is 15.7. The van der Waals surface area contributed by atoms with E-state index >= 15 is 0 Å². The number of nitrogens with one attached hydrogen (secondary N) is 1. The maximum Gasteiger partial charge on any atom is 0.233 e. The zero-order chi connectivity index (χ0) is 19.9. The Kier molecular flexibility index (Phi) is 7.18. The minimum absolute atomic E-state index is 0.0768. The second-order valence-electron chi connectivity index (χ2n) is 6.33. The van der Waals surface area contributed by atoms with Gasteiger partial charge in [0.2, 0.25) is 11.8 Å². The van der Waals surface area contributed by atoms with Gasteiger partial charge in [0, 0.05) is 44.3 Å². The molecular formula is C17H23N7O2S2. The predicted octanol–water partition coefficient (Wildman–Crippen LogP) is 0.968. The van der Waals surface area contributed by atoms with Gasteiger partial charge in [0.25, 0.3) is 0 Å². The van der Waals surface area contributed by atoms with Crippen LogP contribution in [0.4, 0.5) is 5.13 Å². The molecule has 1 aliphatic heterocycles. The maximum atomic E-state index is 12.4. The van der Waals surface area contributed by atoms with E-state index in [0.29, 0.717) is 28.4 Å². The predicted molar refractivity (Wildman–Crippen MR) is 109 cm³/mol. The number of nitrogens with zero attached hydrogens (tertiary/aromatic N) is 6. The molecule has 0 unspecified atom stereocenters. The fourth-order valence-electron chi connectivity index (χ4n) is 2.73. The third kappa shape index (κ3) is 5.40. The topological polar surface area (TPSA) is 96.2 Å². The van der Waals surface area contributed by atoms with Gasteiger partial charge < -0.3 is 19.7 Å². The minimum atomic E-state index is -0.210. The summed E-state index contributed by atoms with van der Waals surface area (Å²) >= 11 is 2.69. The van der Waals surface area contributed by atoms with Crippen molar-refractivity contribution in [3.05, 3.63) is 30.1 Å². The van der Waals surface area contributed by atoms with E-state index in [2.05, 4.69) is 39.0 Å². The van der Waals surface area contributed by atoms with Crippen LogP contribution in [0, 0.1) is 0 Å². The molecule has 2 aromatic rings. The average Bonchev–Trinajstić information content (AvgIpc) is 3.31. The van der Waals surface area contributed by atoms with Crippen molar-refractivity contribution in [1.29, 1.82) is 0 Å². The molecule has 0 saturated carbocycles. The standard InChI is InChI=1S/C17H23N7O2S2/c1-3-5-24-13(11-14(25)19-16-18-4-10-27-16)20-21-17(24)28-12-15(26)23-8-6-22(2)7-9-23/h3-4,10H,1,5-9,11-12H2,2H3,(H,18,19,25). The quantitative estimate of drug-likeness (QED) is 0.501. The molecule has 2 aromatic heterocycles. The van der Waals surface area contributed by atoms with Crippen molar-refractivity contribution in [2.75, 3.05) is 44.3 Å². The fourth-order valence-corrected chi connectivity index (χ4v) is 4.15. The number of piperazine rings is 1. The Hall–Kier alpha value is -2.24. The molecule has 11 heteroatoms. The van der Waals surface area contributed by atoms with E-state index in [0.717, 1.165) is 26.2 Å². The molecule has 0 spiro atoms. The largest absolute Gasteiger partial charge is 0.339 e. The molecule has 1 fully saturated rings. The van der Waals surface area contributed by atoms with E-state index in [4.69, 9.17) is 0 Å². The summed E-state index contributed by atoms with van der Waals surface area (Å²) in [5, 5.41) is 14.0. The maximum absolute atomic E-state index is 12.4. The number of hydrogen-bond donors (Lipinski definition) is 1. The number of thioether (sulfide) groups is 1. The Morgan fingerprint density at radius 1 is 1.32 bits per heavy atom. The molecule has 1 aliphatic rings. The van der Waals surface area contributed by atoms with Crippen molar-refractivity contribution in [1.82, 2.24) is 29.5 Å². The molecule has 2 amide bonds. The van der Waals surface area contributed by atoms with Crippen LogP contribution >= 0.6 is 23.1 Å². The summed E-state index contributed by atoms with van der Waals surface area (Å²) in [6.07, 6.45) is 3.43. The van der Waals surface area contributed by atoms with Crippen molar-refractivity contribution in [2.45, 2.75) is 18.1 Å². The molecule has 3 heterocycles. The van der Waals surface area contributed by atoms with Gasteiger partial charge in [0.05, 0.1) is 12.2 Å². The summed E-state index contributed by atoms with van der Waals surface area (Å²) in [6, 6.07) is 0. The number of amides is 2. The number of allylic oxidation sites excluding steroid dienone is 1. The summed E-state index contributed by atoms with van der Waals surface area (Å²) in [5.74, 6) is 0.708. The normalized spacial score (nSPS) is 14.8. The van der Waals surface area contributed by atoms with E-state index in [9.17, 15) is 9.59 Å². The number of hydrogen-bond acceptors (Lipinski definition) is 8. The van der Waals surface area contributed by atoms with Crippen LogP contribution in [0.2, 0.25) is 0 Å². The number of anilines is 1. The third-order valence-corrected chi connectivity index (χ3v) is 5.92. The summed E-state index contributed by atoms with van der Waals surface area (Å²) in [4.78, 5) is 32.8. The van der Waals surface area contributed by atoms with Gasteiger partial charge in [-0.2, -0.15) is 0 Å². The summed E-state index contributed by atoms with van der Waals surface area (Å²) in [6.45, 7) is 7.50. The van der Waals surface area contributed by atoms with Crippen LogP contribution in [0.15, 0.2) is 29.4 Å². The number of carbonyl (C=O) groups excluding carboxylic acids is 2. The number of aromatic nitrogens is 4. The van der Waals surface area contributed by atoms with Crippen LogP contribution in [0.25, 0.3) is 0 Å². The smallest absolute Gasteiger partial charge is 0.233 e. The lowest BCUT2D eigenvalue weighted by Gasteiger charge is -2.32. The van der Waals surface area contributed by atoms with Gasteiger partial charge in [-0.15, -0.1) is 28.1 Å². The molecular weight excluding hydrogens is 398 g/mol. The van der Waals surface area contributed by atoms with Crippen LogP contribution in [0.1, 0.15) is 5.82 Å². The summed E-state index contributed by atoms with van der Waals surface area (Å²) in [7, 11) is 2.06. The number of rotatable bonds is 8. The van der Waals surface area contributed by atoms with E-state index < -0.39 is 0 Å². The Labute approximate surface area is 171 Å². The van der Waals surface area contributed by atoms with Crippen molar-refractivity contribution in [3.63, 3.8) is 0 Å². The van der Waals surface area contributed by atoms with Gasteiger partial charge in [-0.05, 0) is 7.05 Å². The number of carbonyl (C=O) groups is 2. The van der Waals surface area contributed by atoms with Crippen LogP contribution in [0.5, 0.6) is 0 Å². The highest BCUT2D eigenvalue weighted by Gasteiger charge is 2.21. The molecule has 3 rings (SSSR count). The lowest BCUT2D eigenvalue weighted by molar-refractivity contribution is -0.129. The minimum Gasteiger partial charge on any atom is -0.339 e. The first-order chi connectivity index (χ1) is 13.6. The third-order valence-electron chi connectivity index (χ3n) is 4.28. The lowest BCUT2D eigenvalue weighted by atomic mass is 10.3. The highest BCUT2D eigenvalue weighted by molar-refractivity contribution is 7.99. The fraction of sp³-hybridized carbons (Fsp3) is 0.471. The SMILES string of the molecule is C=CCn1c(CC(=O)Nc2nccs2)nnc1SCC(=O)N1CCN(C)CC1. The molecule has 0 radical (unpaired) electrons. The van der Waals surface area contributed by atoms with Gasteiger partial charge in [-0.1, -0.05) is 17.8 Å². The highest BCUT2D eigenvalue weighted by atomic mass is 32.2. The van der Waals surface area contributed by atoms with Crippen molar-refractivity contribution < 1.29 is 9.59 Å². The average molecular weight is 422 g/mol. The monoisotopic (exact) mass is 421 g/mol. The molecule has 1 N–H and O–H groups in total. The molecule has 0 bridgehead atoms. The van der Waals surface area contributed by atoms with E-state index in [-0.39, 0.29) is 18.2 Å². The first-order valence-electron chi connectivity index (χ1n) is 8.88. The molecule has 9 nitrogen and oxygen atoms in total. The van der Waals surface area contributed by atoms with Gasteiger partial charge in [0.15, 0.2) is 10.3 Å². The zero-order valence-corrected chi connectivity index (χ0v) is 17.3. The number of likely N-dealkylation sites (N-methyl/N-ethyl adjacent to an activating group) is 1. The van der Waals surface area contributed by atoms with Gasteiger partial charge in [-0.3, -0.25) is 9.59 Å². The summed E-state index contributed by atoms with van der Waals surface area (Å²) in [5.41, 5.74) is 0. The molecule has 1 saturated heterocycles.